The largest absolute Gasteiger partial charge is 0.489 e. The molecule has 0 bridgehead atoms. The van der Waals surface area contributed by atoms with Crippen LogP contribution in [0.3, 0.4) is 0 Å². The van der Waals surface area contributed by atoms with Crippen molar-refractivity contribution in [3.63, 3.8) is 0 Å². The van der Waals surface area contributed by atoms with Gasteiger partial charge in [-0.2, -0.15) is 5.10 Å². The lowest BCUT2D eigenvalue weighted by Gasteiger charge is -2.12. The van der Waals surface area contributed by atoms with E-state index in [1.165, 1.54) is 4.68 Å². The second kappa shape index (κ2) is 16.9. The van der Waals surface area contributed by atoms with Gasteiger partial charge < -0.3 is 29.0 Å². The van der Waals surface area contributed by atoms with Crippen molar-refractivity contribution in [3.05, 3.63) is 50.9 Å². The highest BCUT2D eigenvalue weighted by Crippen LogP contribution is 2.29. The minimum atomic E-state index is -0.445. The van der Waals surface area contributed by atoms with Gasteiger partial charge in [0.25, 0.3) is 0 Å². The van der Waals surface area contributed by atoms with E-state index in [-0.39, 0.29) is 5.69 Å². The number of hydrogen-bond acceptors (Lipinski definition) is 9. The molecule has 12 heteroatoms. The highest BCUT2D eigenvalue weighted by Gasteiger charge is 2.21. The first-order chi connectivity index (χ1) is 17.4. The molecule has 1 N–H and O–H groups in total. The van der Waals surface area contributed by atoms with E-state index in [4.69, 9.17) is 35.3 Å². The van der Waals surface area contributed by atoms with Gasteiger partial charge >= 0.3 is 5.69 Å². The van der Waals surface area contributed by atoms with Crippen molar-refractivity contribution in [1.82, 2.24) is 9.78 Å². The van der Waals surface area contributed by atoms with Crippen molar-refractivity contribution in [3.8, 4) is 5.75 Å². The molecule has 36 heavy (non-hydrogen) atoms. The maximum atomic E-state index is 11.3. The van der Waals surface area contributed by atoms with E-state index in [0.717, 1.165) is 13.0 Å². The summed E-state index contributed by atoms with van der Waals surface area (Å²) in [5.41, 5.74) is 1.30. The molecule has 200 valence electrons. The number of ether oxygens (including phenoxy) is 5. The first kappa shape index (κ1) is 29.5. The van der Waals surface area contributed by atoms with Crippen LogP contribution in [-0.2, 0) is 26.0 Å². The summed E-state index contributed by atoms with van der Waals surface area (Å²) >= 11 is 6.12. The molecular weight excluding hydrogens is 492 g/mol. The van der Waals surface area contributed by atoms with Crippen molar-refractivity contribution < 1.29 is 28.6 Å². The molecule has 0 aliphatic heterocycles. The highest BCUT2D eigenvalue weighted by atomic mass is 35.5. The highest BCUT2D eigenvalue weighted by molar-refractivity contribution is 6.30. The number of hydrogen-bond donors (Lipinski definition) is 1. The number of halogens is 1. The summed E-state index contributed by atoms with van der Waals surface area (Å²) in [4.78, 5) is 10.9. The predicted molar refractivity (Wildman–Crippen MR) is 138 cm³/mol. The number of nitro groups is 1. The summed E-state index contributed by atoms with van der Waals surface area (Å²) in [5, 5.41) is 19.0. The fourth-order valence-corrected chi connectivity index (χ4v) is 3.32. The van der Waals surface area contributed by atoms with Crippen LogP contribution in [0.15, 0.2) is 24.4 Å². The van der Waals surface area contributed by atoms with Crippen LogP contribution in [-0.4, -0.2) is 74.2 Å². The van der Waals surface area contributed by atoms with Crippen LogP contribution in [0.1, 0.15) is 24.7 Å². The van der Waals surface area contributed by atoms with Gasteiger partial charge in [0.15, 0.2) is 0 Å². The molecule has 1 aromatic heterocycles. The smallest absolute Gasteiger partial charge is 0.317 e. The SMILES string of the molecule is CCCOCCOCCOCCOCCOc1ccc(Cl)cc1N/C=C/c1c([N+](=O)[O-])c(C)nn1C. The van der Waals surface area contributed by atoms with Crippen LogP contribution in [0.4, 0.5) is 11.4 Å². The van der Waals surface area contributed by atoms with Crippen LogP contribution in [0.25, 0.3) is 6.08 Å². The van der Waals surface area contributed by atoms with Crippen molar-refractivity contribution in [2.75, 3.05) is 64.8 Å². The third-order valence-corrected chi connectivity index (χ3v) is 5.02. The first-order valence-electron chi connectivity index (χ1n) is 11.8. The average Bonchev–Trinajstić information content (AvgIpc) is 3.13. The van der Waals surface area contributed by atoms with Gasteiger partial charge in [-0.25, -0.2) is 0 Å². The van der Waals surface area contributed by atoms with Gasteiger partial charge in [-0.15, -0.1) is 0 Å². The minimum absolute atomic E-state index is 0.0382. The summed E-state index contributed by atoms with van der Waals surface area (Å²) in [6.45, 7) is 8.23. The molecule has 0 aliphatic carbocycles. The minimum Gasteiger partial charge on any atom is -0.489 e. The summed E-state index contributed by atoms with van der Waals surface area (Å²) in [6, 6.07) is 5.16. The van der Waals surface area contributed by atoms with Gasteiger partial charge in [0.2, 0.25) is 0 Å². The molecule has 2 rings (SSSR count). The fraction of sp³-hybridized carbons (Fsp3) is 0.542. The number of aryl methyl sites for hydroxylation is 2. The molecule has 0 atom stereocenters. The molecule has 1 heterocycles. The van der Waals surface area contributed by atoms with Crippen LogP contribution in [0.5, 0.6) is 5.75 Å². The molecule has 0 saturated carbocycles. The molecule has 0 unspecified atom stereocenters. The van der Waals surface area contributed by atoms with Gasteiger partial charge in [0.05, 0.1) is 56.9 Å². The zero-order valence-electron chi connectivity index (χ0n) is 21.0. The molecule has 2 aromatic rings. The molecule has 0 spiro atoms. The van der Waals surface area contributed by atoms with Crippen molar-refractivity contribution in [2.45, 2.75) is 20.3 Å². The Labute approximate surface area is 216 Å². The summed E-state index contributed by atoms with van der Waals surface area (Å²) in [7, 11) is 1.65. The van der Waals surface area contributed by atoms with E-state index in [9.17, 15) is 10.1 Å². The zero-order chi connectivity index (χ0) is 26.2. The molecule has 0 aliphatic rings. The third kappa shape index (κ3) is 10.5. The van der Waals surface area contributed by atoms with Crippen LogP contribution in [0, 0.1) is 17.0 Å². The topological polar surface area (TPSA) is 119 Å². The average molecular weight is 527 g/mol. The summed E-state index contributed by atoms with van der Waals surface area (Å²) < 4.78 is 29.0. The number of benzene rings is 1. The molecule has 1 aromatic carbocycles. The fourth-order valence-electron chi connectivity index (χ4n) is 3.15. The summed E-state index contributed by atoms with van der Waals surface area (Å²) in [5.74, 6) is 0.569. The third-order valence-electron chi connectivity index (χ3n) is 4.79. The number of aromatic nitrogens is 2. The predicted octanol–water partition coefficient (Wildman–Crippen LogP) is 4.23. The molecular formula is C24H35ClN4O7. The Kier molecular flexibility index (Phi) is 13.8. The number of nitrogens with zero attached hydrogens (tertiary/aromatic N) is 3. The van der Waals surface area contributed by atoms with Crippen molar-refractivity contribution in [1.29, 1.82) is 0 Å². The monoisotopic (exact) mass is 526 g/mol. The Hall–Kier alpha value is -2.70. The van der Waals surface area contributed by atoms with Gasteiger partial charge in [-0.05, 0) is 37.6 Å². The van der Waals surface area contributed by atoms with E-state index in [0.29, 0.717) is 80.7 Å². The first-order valence-corrected chi connectivity index (χ1v) is 12.2. The maximum absolute atomic E-state index is 11.3. The Balaban J connectivity index is 1.68. The number of rotatable bonds is 19. The maximum Gasteiger partial charge on any atom is 0.317 e. The Morgan fingerprint density at radius 1 is 1.03 bits per heavy atom. The molecule has 0 saturated heterocycles. The van der Waals surface area contributed by atoms with E-state index in [1.54, 1.807) is 44.4 Å². The zero-order valence-corrected chi connectivity index (χ0v) is 21.8. The van der Waals surface area contributed by atoms with E-state index >= 15 is 0 Å². The molecule has 0 fully saturated rings. The standard InChI is InChI=1S/C24H35ClN4O7/c1-4-9-32-10-11-33-12-13-34-14-15-35-16-17-36-23-6-5-20(25)18-21(23)26-8-7-22-24(29(30)31)19(2)27-28(22)3/h5-8,18,26H,4,9-17H2,1-3H3/b8-7+. The second-order valence-electron chi connectivity index (χ2n) is 7.62. The van der Waals surface area contributed by atoms with Crippen molar-refractivity contribution >= 4 is 29.1 Å². The normalized spacial score (nSPS) is 11.3. The van der Waals surface area contributed by atoms with E-state index < -0.39 is 4.92 Å². The van der Waals surface area contributed by atoms with Crippen LogP contribution in [0.2, 0.25) is 5.02 Å². The Morgan fingerprint density at radius 3 is 2.19 bits per heavy atom. The van der Waals surface area contributed by atoms with E-state index in [1.807, 2.05) is 0 Å². The lowest BCUT2D eigenvalue weighted by molar-refractivity contribution is -0.385. The second-order valence-corrected chi connectivity index (χ2v) is 8.05. The Morgan fingerprint density at radius 2 is 1.61 bits per heavy atom. The molecule has 0 radical (unpaired) electrons. The van der Waals surface area contributed by atoms with Gasteiger partial charge in [0, 0.05) is 24.9 Å². The van der Waals surface area contributed by atoms with Crippen LogP contribution < -0.4 is 10.1 Å². The summed E-state index contributed by atoms with van der Waals surface area (Å²) in [6.07, 6.45) is 4.17. The lowest BCUT2D eigenvalue weighted by atomic mass is 10.2. The quantitative estimate of drug-likeness (QED) is 0.163. The van der Waals surface area contributed by atoms with Crippen molar-refractivity contribution in [2.24, 2.45) is 7.05 Å². The van der Waals surface area contributed by atoms with Gasteiger partial charge in [0.1, 0.15) is 23.7 Å². The van der Waals surface area contributed by atoms with Crippen LogP contribution >= 0.6 is 11.6 Å². The molecule has 11 nitrogen and oxygen atoms in total. The lowest BCUT2D eigenvalue weighted by Crippen LogP contribution is -2.14. The molecule has 0 amide bonds. The van der Waals surface area contributed by atoms with E-state index in [2.05, 4.69) is 17.3 Å². The van der Waals surface area contributed by atoms with Gasteiger partial charge in [-0.3, -0.25) is 14.8 Å². The number of anilines is 1. The number of nitrogens with one attached hydrogen (secondary N) is 1. The van der Waals surface area contributed by atoms with Gasteiger partial charge in [-0.1, -0.05) is 18.5 Å². The Bertz CT molecular complexity index is 968.